The molecule has 0 aliphatic heterocycles. The van der Waals surface area contributed by atoms with Crippen LogP contribution in [0, 0.1) is 0 Å². The number of halogens is 7. The quantitative estimate of drug-likeness (QED) is 0.460. The molecule has 3 nitrogen and oxygen atoms in total. The molecule has 3 aromatic rings. The molecule has 0 radical (unpaired) electrons. The highest BCUT2D eigenvalue weighted by Crippen LogP contribution is 2.36. The third kappa shape index (κ3) is 6.01. The standard InChI is InChI=1S/C21H18F6N2O.ClH/c22-20(23,24)14-7-12(8-15(10-14)21(25,26)27)5-6-19(30)17(28)9-13-11-29-18-4-2-1-3-16(13)18;/h1-4,7-8,10-11,17,29H,5-6,9,28H2;1H. The number of nitrogens with one attached hydrogen (secondary N) is 1. The molecule has 0 saturated heterocycles. The third-order valence-electron chi connectivity index (χ3n) is 4.84. The molecule has 1 unspecified atom stereocenters. The topological polar surface area (TPSA) is 58.9 Å². The van der Waals surface area contributed by atoms with Gasteiger partial charge in [-0.1, -0.05) is 18.2 Å². The van der Waals surface area contributed by atoms with Crippen molar-refractivity contribution in [3.63, 3.8) is 0 Å². The summed E-state index contributed by atoms with van der Waals surface area (Å²) in [4.78, 5) is 15.4. The van der Waals surface area contributed by atoms with Gasteiger partial charge in [-0.3, -0.25) is 4.79 Å². The van der Waals surface area contributed by atoms with Gasteiger partial charge in [-0.05, 0) is 48.2 Å². The molecule has 31 heavy (non-hydrogen) atoms. The van der Waals surface area contributed by atoms with Gasteiger partial charge in [0.1, 0.15) is 5.78 Å². The Morgan fingerprint density at radius 3 is 2.13 bits per heavy atom. The fourth-order valence-corrected chi connectivity index (χ4v) is 3.27. The first-order valence-corrected chi connectivity index (χ1v) is 9.07. The zero-order chi connectivity index (χ0) is 22.1. The van der Waals surface area contributed by atoms with Gasteiger partial charge in [0.25, 0.3) is 0 Å². The normalized spacial score (nSPS) is 13.1. The second-order valence-electron chi connectivity index (χ2n) is 7.05. The van der Waals surface area contributed by atoms with Gasteiger partial charge in [-0.25, -0.2) is 0 Å². The monoisotopic (exact) mass is 464 g/mol. The highest BCUT2D eigenvalue weighted by Gasteiger charge is 2.36. The number of benzene rings is 2. The Morgan fingerprint density at radius 2 is 1.55 bits per heavy atom. The minimum atomic E-state index is -4.92. The van der Waals surface area contributed by atoms with Crippen molar-refractivity contribution in [2.45, 2.75) is 37.7 Å². The SMILES string of the molecule is Cl.NC(Cc1c[nH]c2ccccc12)C(=O)CCc1cc(C(F)(F)F)cc(C(F)(F)F)c1. The molecule has 1 heterocycles. The van der Waals surface area contributed by atoms with Gasteiger partial charge in [0.15, 0.2) is 0 Å². The number of rotatable bonds is 6. The van der Waals surface area contributed by atoms with Crippen LogP contribution in [0.15, 0.2) is 48.7 Å². The number of nitrogens with two attached hydrogens (primary N) is 1. The van der Waals surface area contributed by atoms with Gasteiger partial charge in [0, 0.05) is 23.5 Å². The van der Waals surface area contributed by atoms with Crippen molar-refractivity contribution in [3.05, 3.63) is 70.9 Å². The van der Waals surface area contributed by atoms with Crippen molar-refractivity contribution in [3.8, 4) is 0 Å². The summed E-state index contributed by atoms with van der Waals surface area (Å²) in [6.45, 7) is 0. The van der Waals surface area contributed by atoms with Crippen molar-refractivity contribution < 1.29 is 31.1 Å². The number of fused-ring (bicyclic) bond motifs is 1. The maximum absolute atomic E-state index is 12.9. The van der Waals surface area contributed by atoms with Crippen molar-refractivity contribution in [1.82, 2.24) is 4.98 Å². The number of carbonyl (C=O) groups is 1. The number of H-pyrrole nitrogens is 1. The number of hydrogen-bond acceptors (Lipinski definition) is 2. The second kappa shape index (κ2) is 9.32. The molecule has 0 fully saturated rings. The van der Waals surface area contributed by atoms with Crippen LogP contribution < -0.4 is 5.73 Å². The lowest BCUT2D eigenvalue weighted by molar-refractivity contribution is -0.143. The molecule has 0 amide bonds. The van der Waals surface area contributed by atoms with E-state index in [-0.39, 0.29) is 43.3 Å². The third-order valence-corrected chi connectivity index (χ3v) is 4.84. The smallest absolute Gasteiger partial charge is 0.361 e. The molecule has 3 N–H and O–H groups in total. The van der Waals surface area contributed by atoms with Gasteiger partial charge in [-0.15, -0.1) is 12.4 Å². The fraction of sp³-hybridized carbons (Fsp3) is 0.286. The molecular formula is C21H19ClF6N2O. The van der Waals surface area contributed by atoms with E-state index < -0.39 is 35.3 Å². The maximum Gasteiger partial charge on any atom is 0.416 e. The molecule has 1 aromatic heterocycles. The predicted octanol–water partition coefficient (Wildman–Crippen LogP) is 5.70. The average molecular weight is 465 g/mol. The Hall–Kier alpha value is -2.52. The number of alkyl halides is 6. The van der Waals surface area contributed by atoms with Crippen LogP contribution in [0.1, 0.15) is 28.7 Å². The first-order valence-electron chi connectivity index (χ1n) is 9.07. The zero-order valence-corrected chi connectivity index (χ0v) is 16.8. The summed E-state index contributed by atoms with van der Waals surface area (Å²) in [7, 11) is 0. The molecule has 168 valence electrons. The summed E-state index contributed by atoms with van der Waals surface area (Å²) in [6, 6.07) is 7.81. The number of aromatic nitrogens is 1. The molecule has 0 bridgehead atoms. The van der Waals surface area contributed by atoms with E-state index in [0.717, 1.165) is 16.5 Å². The molecule has 0 saturated carbocycles. The Morgan fingerprint density at radius 1 is 0.968 bits per heavy atom. The minimum absolute atomic E-state index is 0. The molecule has 1 atom stereocenters. The number of aryl methyl sites for hydroxylation is 1. The van der Waals surface area contributed by atoms with Crippen LogP contribution in [-0.2, 0) is 30.0 Å². The molecule has 10 heteroatoms. The largest absolute Gasteiger partial charge is 0.416 e. The minimum Gasteiger partial charge on any atom is -0.361 e. The van der Waals surface area contributed by atoms with Crippen molar-refractivity contribution >= 4 is 29.1 Å². The fourth-order valence-electron chi connectivity index (χ4n) is 3.27. The Labute approximate surface area is 180 Å². The summed E-state index contributed by atoms with van der Waals surface area (Å²) in [5.41, 5.74) is 4.60. The summed E-state index contributed by atoms with van der Waals surface area (Å²) >= 11 is 0. The zero-order valence-electron chi connectivity index (χ0n) is 16.0. The number of carbonyl (C=O) groups excluding carboxylic acids is 1. The van der Waals surface area contributed by atoms with Gasteiger partial charge in [0.05, 0.1) is 17.2 Å². The molecule has 0 aliphatic rings. The number of hydrogen-bond donors (Lipinski definition) is 2. The predicted molar refractivity (Wildman–Crippen MR) is 107 cm³/mol. The summed E-state index contributed by atoms with van der Waals surface area (Å²) in [5, 5.41) is 0.897. The highest BCUT2D eigenvalue weighted by atomic mass is 35.5. The molecule has 0 aliphatic carbocycles. The van der Waals surface area contributed by atoms with E-state index in [1.807, 2.05) is 24.3 Å². The first kappa shape index (κ1) is 24.7. The molecule has 3 rings (SSSR count). The highest BCUT2D eigenvalue weighted by molar-refractivity contribution is 5.87. The van der Waals surface area contributed by atoms with E-state index in [1.54, 1.807) is 6.20 Å². The maximum atomic E-state index is 12.9. The van der Waals surface area contributed by atoms with E-state index in [4.69, 9.17) is 5.73 Å². The van der Waals surface area contributed by atoms with E-state index in [0.29, 0.717) is 12.1 Å². The van der Waals surface area contributed by atoms with Crippen LogP contribution in [0.25, 0.3) is 10.9 Å². The van der Waals surface area contributed by atoms with E-state index in [1.165, 1.54) is 0 Å². The number of aromatic amines is 1. The van der Waals surface area contributed by atoms with Crippen molar-refractivity contribution in [2.24, 2.45) is 5.73 Å². The van der Waals surface area contributed by atoms with E-state index in [9.17, 15) is 31.1 Å². The van der Waals surface area contributed by atoms with Gasteiger partial charge in [-0.2, -0.15) is 26.3 Å². The van der Waals surface area contributed by atoms with E-state index >= 15 is 0 Å². The average Bonchev–Trinajstić information content (AvgIpc) is 3.07. The summed E-state index contributed by atoms with van der Waals surface area (Å²) in [5.74, 6) is -0.439. The lowest BCUT2D eigenvalue weighted by Gasteiger charge is -2.15. The van der Waals surface area contributed by atoms with Crippen LogP contribution in [0.5, 0.6) is 0 Å². The van der Waals surface area contributed by atoms with Crippen molar-refractivity contribution in [2.75, 3.05) is 0 Å². The molecule has 2 aromatic carbocycles. The Bertz CT molecular complexity index is 1030. The van der Waals surface area contributed by atoms with Crippen LogP contribution in [0.3, 0.4) is 0 Å². The number of ketones is 1. The van der Waals surface area contributed by atoms with E-state index in [2.05, 4.69) is 4.98 Å². The van der Waals surface area contributed by atoms with Crippen LogP contribution in [-0.4, -0.2) is 16.8 Å². The summed E-state index contributed by atoms with van der Waals surface area (Å²) in [6.07, 6.45) is -8.45. The van der Waals surface area contributed by atoms with Gasteiger partial charge >= 0.3 is 12.4 Å². The van der Waals surface area contributed by atoms with Gasteiger partial charge in [0.2, 0.25) is 0 Å². The van der Waals surface area contributed by atoms with Gasteiger partial charge < -0.3 is 10.7 Å². The second-order valence-corrected chi connectivity index (χ2v) is 7.05. The van der Waals surface area contributed by atoms with Crippen LogP contribution in [0.4, 0.5) is 26.3 Å². The molecule has 0 spiro atoms. The molecular weight excluding hydrogens is 446 g/mol. The Balaban J connectivity index is 0.00000341. The van der Waals surface area contributed by atoms with Crippen LogP contribution in [0.2, 0.25) is 0 Å². The lowest BCUT2D eigenvalue weighted by atomic mass is 9.96. The summed E-state index contributed by atoms with van der Waals surface area (Å²) < 4.78 is 77.7. The Kier molecular flexibility index (Phi) is 7.44. The van der Waals surface area contributed by atoms with Crippen molar-refractivity contribution in [1.29, 1.82) is 0 Å². The first-order chi connectivity index (χ1) is 13.9. The number of Topliss-reactive ketones (excluding diaryl/α,β-unsaturated/α-hetero) is 1. The number of para-hydroxylation sites is 1. The van der Waals surface area contributed by atoms with Crippen LogP contribution >= 0.6 is 12.4 Å². The lowest BCUT2D eigenvalue weighted by Crippen LogP contribution is -2.32.